The molecular weight excluding hydrogens is 306 g/mol. The molecule has 3 rings (SSSR count). The number of carbonyl (C=O) groups is 2. The lowest BCUT2D eigenvalue weighted by molar-refractivity contribution is -0.119. The summed E-state index contributed by atoms with van der Waals surface area (Å²) in [6, 6.07) is 10.7. The van der Waals surface area contributed by atoms with Crippen LogP contribution in [0.1, 0.15) is 21.5 Å². The molecule has 0 atom stereocenters. The topological polar surface area (TPSA) is 84.1 Å². The third kappa shape index (κ3) is 3.27. The average molecular weight is 323 g/mol. The first-order chi connectivity index (χ1) is 11.5. The zero-order valence-electron chi connectivity index (χ0n) is 13.4. The fourth-order valence-electron chi connectivity index (χ4n) is 2.46. The van der Waals surface area contributed by atoms with Gasteiger partial charge in [-0.15, -0.1) is 0 Å². The van der Waals surface area contributed by atoms with Gasteiger partial charge in [-0.05, 0) is 43.2 Å². The lowest BCUT2D eigenvalue weighted by Crippen LogP contribution is -2.21. The van der Waals surface area contributed by atoms with E-state index in [0.717, 1.165) is 27.8 Å². The van der Waals surface area contributed by atoms with Gasteiger partial charge in [0.15, 0.2) is 6.61 Å². The predicted octanol–water partition coefficient (Wildman–Crippen LogP) is 2.98. The summed E-state index contributed by atoms with van der Waals surface area (Å²) in [6.45, 7) is 3.48. The highest BCUT2D eigenvalue weighted by molar-refractivity contribution is 5.97. The van der Waals surface area contributed by atoms with Gasteiger partial charge in [-0.1, -0.05) is 18.2 Å². The van der Waals surface area contributed by atoms with Gasteiger partial charge in [0, 0.05) is 5.69 Å². The van der Waals surface area contributed by atoms with Crippen molar-refractivity contribution in [3.05, 3.63) is 59.4 Å². The number of H-pyrrole nitrogens is 1. The number of para-hydroxylation sites is 1. The van der Waals surface area contributed by atoms with Crippen LogP contribution in [-0.2, 0) is 9.53 Å². The SMILES string of the molecule is Cc1cccc(C)c1NC(=O)COC(=O)c1ccc2nc[nH]c2c1. The van der Waals surface area contributed by atoms with E-state index in [4.69, 9.17) is 4.74 Å². The highest BCUT2D eigenvalue weighted by Gasteiger charge is 2.13. The summed E-state index contributed by atoms with van der Waals surface area (Å²) in [6.07, 6.45) is 1.55. The molecule has 0 spiro atoms. The van der Waals surface area contributed by atoms with Crippen molar-refractivity contribution in [3.8, 4) is 0 Å². The summed E-state index contributed by atoms with van der Waals surface area (Å²) in [4.78, 5) is 31.1. The Kier molecular flexibility index (Phi) is 4.29. The molecule has 0 saturated carbocycles. The van der Waals surface area contributed by atoms with Crippen LogP contribution in [-0.4, -0.2) is 28.5 Å². The van der Waals surface area contributed by atoms with Crippen LogP contribution in [0.4, 0.5) is 5.69 Å². The number of nitrogens with zero attached hydrogens (tertiary/aromatic N) is 1. The zero-order chi connectivity index (χ0) is 17.1. The molecule has 6 heteroatoms. The van der Waals surface area contributed by atoms with Crippen molar-refractivity contribution in [1.29, 1.82) is 0 Å². The van der Waals surface area contributed by atoms with Crippen LogP contribution in [0.2, 0.25) is 0 Å². The minimum Gasteiger partial charge on any atom is -0.452 e. The Morgan fingerprint density at radius 2 is 1.92 bits per heavy atom. The van der Waals surface area contributed by atoms with Crippen LogP contribution < -0.4 is 5.32 Å². The Labute approximate surface area is 138 Å². The first-order valence-corrected chi connectivity index (χ1v) is 7.51. The average Bonchev–Trinajstić information content (AvgIpc) is 3.03. The molecule has 0 fully saturated rings. The van der Waals surface area contributed by atoms with E-state index < -0.39 is 5.97 Å². The number of aryl methyl sites for hydroxylation is 2. The summed E-state index contributed by atoms with van der Waals surface area (Å²) < 4.78 is 5.08. The molecule has 0 bridgehead atoms. The van der Waals surface area contributed by atoms with E-state index in [2.05, 4.69) is 15.3 Å². The molecule has 0 unspecified atom stereocenters. The maximum Gasteiger partial charge on any atom is 0.338 e. The number of benzene rings is 2. The molecule has 0 aliphatic carbocycles. The van der Waals surface area contributed by atoms with E-state index in [1.807, 2.05) is 32.0 Å². The van der Waals surface area contributed by atoms with Crippen molar-refractivity contribution in [1.82, 2.24) is 9.97 Å². The van der Waals surface area contributed by atoms with Crippen molar-refractivity contribution >= 4 is 28.6 Å². The Bertz CT molecular complexity index is 895. The van der Waals surface area contributed by atoms with Crippen molar-refractivity contribution in [3.63, 3.8) is 0 Å². The molecule has 0 radical (unpaired) electrons. The molecule has 1 aromatic heterocycles. The molecule has 1 heterocycles. The maximum atomic E-state index is 12.1. The second-order valence-electron chi connectivity index (χ2n) is 5.53. The van der Waals surface area contributed by atoms with Crippen LogP contribution >= 0.6 is 0 Å². The molecule has 122 valence electrons. The quantitative estimate of drug-likeness (QED) is 0.723. The number of fused-ring (bicyclic) bond motifs is 1. The second kappa shape index (κ2) is 6.54. The van der Waals surface area contributed by atoms with Gasteiger partial charge in [0.05, 0.1) is 22.9 Å². The van der Waals surface area contributed by atoms with Crippen LogP contribution in [0.5, 0.6) is 0 Å². The first-order valence-electron chi connectivity index (χ1n) is 7.51. The fourth-order valence-corrected chi connectivity index (χ4v) is 2.46. The van der Waals surface area contributed by atoms with Crippen molar-refractivity contribution in [2.45, 2.75) is 13.8 Å². The highest BCUT2D eigenvalue weighted by Crippen LogP contribution is 2.19. The van der Waals surface area contributed by atoms with Crippen LogP contribution in [0.25, 0.3) is 11.0 Å². The van der Waals surface area contributed by atoms with Gasteiger partial charge in [0.1, 0.15) is 0 Å². The number of nitrogens with one attached hydrogen (secondary N) is 2. The fraction of sp³-hybridized carbons (Fsp3) is 0.167. The standard InChI is InChI=1S/C18H17N3O3/c1-11-4-3-5-12(2)17(11)21-16(22)9-24-18(23)13-6-7-14-15(8-13)20-10-19-14/h3-8,10H,9H2,1-2H3,(H,19,20)(H,21,22). The molecular formula is C18H17N3O3. The number of aromatic amines is 1. The summed E-state index contributed by atoms with van der Waals surface area (Å²) >= 11 is 0. The number of aromatic nitrogens is 2. The number of anilines is 1. The Balaban J connectivity index is 1.62. The Morgan fingerprint density at radius 1 is 1.17 bits per heavy atom. The third-order valence-corrected chi connectivity index (χ3v) is 3.74. The van der Waals surface area contributed by atoms with Gasteiger partial charge in [0.25, 0.3) is 5.91 Å². The smallest absolute Gasteiger partial charge is 0.338 e. The van der Waals surface area contributed by atoms with Crippen LogP contribution in [0, 0.1) is 13.8 Å². The summed E-state index contributed by atoms with van der Waals surface area (Å²) in [5.74, 6) is -0.925. The molecule has 2 N–H and O–H groups in total. The van der Waals surface area contributed by atoms with E-state index in [1.165, 1.54) is 0 Å². The van der Waals surface area contributed by atoms with E-state index in [-0.39, 0.29) is 12.5 Å². The monoisotopic (exact) mass is 323 g/mol. The van der Waals surface area contributed by atoms with Crippen LogP contribution in [0.3, 0.4) is 0 Å². The van der Waals surface area contributed by atoms with Gasteiger partial charge in [0.2, 0.25) is 0 Å². The van der Waals surface area contributed by atoms with Crippen molar-refractivity contribution in [2.75, 3.05) is 11.9 Å². The number of amides is 1. The minimum absolute atomic E-state index is 0.340. The van der Waals surface area contributed by atoms with E-state index >= 15 is 0 Å². The number of hydrogen-bond acceptors (Lipinski definition) is 4. The number of carbonyl (C=O) groups excluding carboxylic acids is 2. The molecule has 24 heavy (non-hydrogen) atoms. The number of rotatable bonds is 4. The molecule has 1 amide bonds. The summed E-state index contributed by atoms with van der Waals surface area (Å²) in [7, 11) is 0. The van der Waals surface area contributed by atoms with Gasteiger partial charge in [-0.2, -0.15) is 0 Å². The Hall–Kier alpha value is -3.15. The van der Waals surface area contributed by atoms with Crippen molar-refractivity contribution in [2.24, 2.45) is 0 Å². The molecule has 2 aromatic carbocycles. The normalized spacial score (nSPS) is 10.6. The van der Waals surface area contributed by atoms with E-state index in [9.17, 15) is 9.59 Å². The largest absolute Gasteiger partial charge is 0.452 e. The number of ether oxygens (including phenoxy) is 1. The molecule has 6 nitrogen and oxygen atoms in total. The lowest BCUT2D eigenvalue weighted by Gasteiger charge is -2.11. The minimum atomic E-state index is -0.553. The number of hydrogen-bond donors (Lipinski definition) is 2. The van der Waals surface area contributed by atoms with Crippen molar-refractivity contribution < 1.29 is 14.3 Å². The molecule has 0 aliphatic rings. The predicted molar refractivity (Wildman–Crippen MR) is 90.9 cm³/mol. The maximum absolute atomic E-state index is 12.1. The molecule has 0 saturated heterocycles. The lowest BCUT2D eigenvalue weighted by atomic mass is 10.1. The van der Waals surface area contributed by atoms with Gasteiger partial charge in [-0.3, -0.25) is 4.79 Å². The molecule has 0 aliphatic heterocycles. The second-order valence-corrected chi connectivity index (χ2v) is 5.53. The van der Waals surface area contributed by atoms with Gasteiger partial charge in [-0.25, -0.2) is 9.78 Å². The molecule has 3 aromatic rings. The van der Waals surface area contributed by atoms with E-state index in [1.54, 1.807) is 24.5 Å². The summed E-state index contributed by atoms with van der Waals surface area (Å²) in [5, 5.41) is 2.78. The Morgan fingerprint density at radius 3 is 2.67 bits per heavy atom. The highest BCUT2D eigenvalue weighted by atomic mass is 16.5. The van der Waals surface area contributed by atoms with Gasteiger partial charge >= 0.3 is 5.97 Å². The third-order valence-electron chi connectivity index (χ3n) is 3.74. The zero-order valence-corrected chi connectivity index (χ0v) is 13.4. The van der Waals surface area contributed by atoms with Gasteiger partial charge < -0.3 is 15.0 Å². The van der Waals surface area contributed by atoms with E-state index in [0.29, 0.717) is 5.56 Å². The number of imidazole rings is 1. The summed E-state index contributed by atoms with van der Waals surface area (Å²) in [5.41, 5.74) is 4.53. The first kappa shape index (κ1) is 15.7. The van der Waals surface area contributed by atoms with Crippen LogP contribution in [0.15, 0.2) is 42.7 Å². The number of esters is 1.